The minimum absolute atomic E-state index is 0.681. The van der Waals surface area contributed by atoms with E-state index in [4.69, 9.17) is 0 Å². The lowest BCUT2D eigenvalue weighted by molar-refractivity contribution is 0.363. The molecule has 2 heteroatoms. The van der Waals surface area contributed by atoms with Crippen LogP contribution in [0, 0.1) is 5.92 Å². The summed E-state index contributed by atoms with van der Waals surface area (Å²) in [5.74, 6) is 0.889. The van der Waals surface area contributed by atoms with Gasteiger partial charge < -0.3 is 0 Å². The number of rotatable bonds is 4. The highest BCUT2D eigenvalue weighted by molar-refractivity contribution is 5.32. The van der Waals surface area contributed by atoms with Crippen LogP contribution in [-0.4, -0.2) is 12.6 Å². The molecule has 1 fully saturated rings. The molecule has 92 valence electrons. The van der Waals surface area contributed by atoms with E-state index in [0.717, 1.165) is 12.3 Å². The summed E-state index contributed by atoms with van der Waals surface area (Å²) in [6.07, 6.45) is 16.7. The summed E-state index contributed by atoms with van der Waals surface area (Å²) in [6.45, 7) is 0.681. The fourth-order valence-electron chi connectivity index (χ4n) is 2.69. The van der Waals surface area contributed by atoms with Gasteiger partial charge in [0.15, 0.2) is 0 Å². The van der Waals surface area contributed by atoms with Gasteiger partial charge >= 0.3 is 0 Å². The van der Waals surface area contributed by atoms with E-state index in [1.807, 2.05) is 0 Å². The van der Waals surface area contributed by atoms with E-state index in [9.17, 15) is 4.79 Å². The van der Waals surface area contributed by atoms with Crippen molar-refractivity contribution in [3.05, 3.63) is 0 Å². The molecule has 1 aliphatic carbocycles. The zero-order valence-electron chi connectivity index (χ0n) is 10.4. The molecule has 0 bridgehead atoms. The number of hydrogen-bond donors (Lipinski definition) is 0. The maximum absolute atomic E-state index is 9.95. The van der Waals surface area contributed by atoms with Crippen LogP contribution in [0.4, 0.5) is 0 Å². The largest absolute Gasteiger partial charge is 0.234 e. The molecule has 0 amide bonds. The highest BCUT2D eigenvalue weighted by Crippen LogP contribution is 2.24. The Morgan fingerprint density at radius 3 is 2.06 bits per heavy atom. The lowest BCUT2D eigenvalue weighted by atomic mass is 9.89. The van der Waals surface area contributed by atoms with Gasteiger partial charge in [0, 0.05) is 0 Å². The molecule has 0 unspecified atom stereocenters. The van der Waals surface area contributed by atoms with Crippen LogP contribution < -0.4 is 0 Å². The van der Waals surface area contributed by atoms with Crippen molar-refractivity contribution < 1.29 is 4.79 Å². The van der Waals surface area contributed by atoms with Gasteiger partial charge in [-0.3, -0.25) is 0 Å². The Bertz CT molecular complexity index is 199. The maximum Gasteiger partial charge on any atom is 0.234 e. The monoisotopic (exact) mass is 223 g/mol. The molecule has 0 aromatic rings. The van der Waals surface area contributed by atoms with Crippen LogP contribution in [0.1, 0.15) is 70.6 Å². The first-order valence-electron chi connectivity index (χ1n) is 6.97. The fourth-order valence-corrected chi connectivity index (χ4v) is 2.69. The zero-order valence-corrected chi connectivity index (χ0v) is 10.4. The van der Waals surface area contributed by atoms with Crippen LogP contribution in [0.2, 0.25) is 0 Å². The fraction of sp³-hybridized carbons (Fsp3) is 0.929. The summed E-state index contributed by atoms with van der Waals surface area (Å²) in [4.78, 5) is 13.6. The Balaban J connectivity index is 2.16. The molecular weight excluding hydrogens is 198 g/mol. The van der Waals surface area contributed by atoms with Crippen LogP contribution in [0.5, 0.6) is 0 Å². The van der Waals surface area contributed by atoms with Crippen molar-refractivity contribution in [3.8, 4) is 0 Å². The molecule has 2 nitrogen and oxygen atoms in total. The Labute approximate surface area is 99.5 Å². The lowest BCUT2D eigenvalue weighted by Gasteiger charge is -2.17. The summed E-state index contributed by atoms with van der Waals surface area (Å²) in [5.41, 5.74) is 0. The summed E-state index contributed by atoms with van der Waals surface area (Å²) in [5, 5.41) is 0. The Morgan fingerprint density at radius 1 is 0.938 bits per heavy atom. The summed E-state index contributed by atoms with van der Waals surface area (Å²) in [6, 6.07) is 0. The molecule has 0 N–H and O–H groups in total. The lowest BCUT2D eigenvalue weighted by Crippen LogP contribution is -2.03. The van der Waals surface area contributed by atoms with E-state index in [1.54, 1.807) is 6.08 Å². The van der Waals surface area contributed by atoms with Crippen LogP contribution in [0.15, 0.2) is 4.99 Å². The van der Waals surface area contributed by atoms with Crippen LogP contribution in [0.3, 0.4) is 0 Å². The SMILES string of the molecule is O=C=NCCCC1CCCCCCCCC1. The predicted octanol–water partition coefficient (Wildman–Crippen LogP) is 4.24. The number of nitrogens with zero attached hydrogens (tertiary/aromatic N) is 1. The van der Waals surface area contributed by atoms with Gasteiger partial charge in [-0.15, -0.1) is 0 Å². The average Bonchev–Trinajstić information content (AvgIpc) is 2.32. The third-order valence-corrected chi connectivity index (χ3v) is 3.67. The number of carbonyl (C=O) groups excluding carboxylic acids is 1. The summed E-state index contributed by atoms with van der Waals surface area (Å²) in [7, 11) is 0. The summed E-state index contributed by atoms with van der Waals surface area (Å²) < 4.78 is 0. The third kappa shape index (κ3) is 6.79. The van der Waals surface area contributed by atoms with Crippen molar-refractivity contribution in [2.24, 2.45) is 10.9 Å². The molecule has 0 spiro atoms. The Kier molecular flexibility index (Phi) is 8.06. The number of isocyanates is 1. The molecule has 0 aromatic heterocycles. The quantitative estimate of drug-likeness (QED) is 0.398. The smallest absolute Gasteiger partial charge is 0.211 e. The molecule has 0 heterocycles. The molecule has 1 rings (SSSR count). The van der Waals surface area contributed by atoms with Gasteiger partial charge in [-0.05, 0) is 18.8 Å². The van der Waals surface area contributed by atoms with Crippen molar-refractivity contribution in [1.29, 1.82) is 0 Å². The van der Waals surface area contributed by atoms with Crippen molar-refractivity contribution in [1.82, 2.24) is 0 Å². The molecule has 0 radical (unpaired) electrons. The van der Waals surface area contributed by atoms with Gasteiger partial charge in [0.1, 0.15) is 0 Å². The van der Waals surface area contributed by atoms with Gasteiger partial charge in [0.2, 0.25) is 6.08 Å². The van der Waals surface area contributed by atoms with Gasteiger partial charge in [0.05, 0.1) is 6.54 Å². The molecule has 1 saturated carbocycles. The molecule has 16 heavy (non-hydrogen) atoms. The second-order valence-corrected chi connectivity index (χ2v) is 5.03. The van der Waals surface area contributed by atoms with Gasteiger partial charge in [-0.1, -0.05) is 57.8 Å². The normalized spacial score (nSPS) is 20.0. The highest BCUT2D eigenvalue weighted by Gasteiger charge is 2.09. The molecule has 0 aliphatic heterocycles. The van der Waals surface area contributed by atoms with E-state index in [2.05, 4.69) is 4.99 Å². The minimum Gasteiger partial charge on any atom is -0.211 e. The second-order valence-electron chi connectivity index (χ2n) is 5.03. The number of aliphatic imine (C=N–C) groups is 1. The van der Waals surface area contributed by atoms with Crippen LogP contribution in [-0.2, 0) is 4.79 Å². The van der Waals surface area contributed by atoms with E-state index >= 15 is 0 Å². The van der Waals surface area contributed by atoms with Gasteiger partial charge in [-0.2, -0.15) is 0 Å². The van der Waals surface area contributed by atoms with Gasteiger partial charge in [-0.25, -0.2) is 9.79 Å². The number of hydrogen-bond acceptors (Lipinski definition) is 2. The van der Waals surface area contributed by atoms with E-state index in [0.29, 0.717) is 6.54 Å². The van der Waals surface area contributed by atoms with E-state index < -0.39 is 0 Å². The summed E-state index contributed by atoms with van der Waals surface area (Å²) >= 11 is 0. The first kappa shape index (κ1) is 13.4. The van der Waals surface area contributed by atoms with Crippen molar-refractivity contribution in [3.63, 3.8) is 0 Å². The zero-order chi connectivity index (χ0) is 11.5. The predicted molar refractivity (Wildman–Crippen MR) is 67.3 cm³/mol. The molecule has 1 aliphatic rings. The third-order valence-electron chi connectivity index (χ3n) is 3.67. The second kappa shape index (κ2) is 9.59. The topological polar surface area (TPSA) is 29.4 Å². The minimum atomic E-state index is 0.681. The average molecular weight is 223 g/mol. The molecule has 0 saturated heterocycles. The Hall–Kier alpha value is -0.620. The highest BCUT2D eigenvalue weighted by atomic mass is 16.1. The first-order chi connectivity index (χ1) is 7.93. The standard InChI is InChI=1S/C14H25NO/c16-13-15-12-8-11-14-9-6-4-2-1-3-5-7-10-14/h14H,1-12H2. The van der Waals surface area contributed by atoms with Gasteiger partial charge in [0.25, 0.3) is 0 Å². The van der Waals surface area contributed by atoms with E-state index in [-0.39, 0.29) is 0 Å². The van der Waals surface area contributed by atoms with Crippen LogP contribution in [0.25, 0.3) is 0 Å². The van der Waals surface area contributed by atoms with Crippen molar-refractivity contribution >= 4 is 6.08 Å². The van der Waals surface area contributed by atoms with Crippen molar-refractivity contribution in [2.45, 2.75) is 70.6 Å². The van der Waals surface area contributed by atoms with E-state index in [1.165, 1.54) is 64.2 Å². The molecule has 0 atom stereocenters. The van der Waals surface area contributed by atoms with Crippen molar-refractivity contribution in [2.75, 3.05) is 6.54 Å². The molecule has 0 aromatic carbocycles. The first-order valence-corrected chi connectivity index (χ1v) is 6.97. The molecular formula is C14H25NO. The Morgan fingerprint density at radius 2 is 1.50 bits per heavy atom. The van der Waals surface area contributed by atoms with Crippen LogP contribution >= 0.6 is 0 Å². The maximum atomic E-state index is 9.95.